The van der Waals surface area contributed by atoms with E-state index >= 15 is 0 Å². The van der Waals surface area contributed by atoms with Crippen LogP contribution in [0.15, 0.2) is 48.5 Å². The Morgan fingerprint density at radius 1 is 0.557 bits per heavy atom. The molecule has 2 N–H and O–H groups in total. The molecule has 0 saturated carbocycles. The smallest absolute Gasteiger partial charge is 0.257 e. The second-order valence-corrected chi connectivity index (χ2v) is 16.4. The van der Waals surface area contributed by atoms with Crippen molar-refractivity contribution < 1.29 is 47.9 Å². The minimum atomic E-state index is -0.871. The van der Waals surface area contributed by atoms with Crippen molar-refractivity contribution in [3.8, 4) is 0 Å². The summed E-state index contributed by atoms with van der Waals surface area (Å²) in [6.07, 6.45) is 3.71. The third kappa shape index (κ3) is 14.2. The number of carbonyl (C=O) groups excluding carboxylic acids is 10. The van der Waals surface area contributed by atoms with Crippen molar-refractivity contribution in [2.24, 2.45) is 23.7 Å². The first-order valence-corrected chi connectivity index (χ1v) is 21.7. The van der Waals surface area contributed by atoms with Crippen LogP contribution in [0.25, 0.3) is 0 Å². The Morgan fingerprint density at radius 2 is 0.918 bits per heavy atom. The summed E-state index contributed by atoms with van der Waals surface area (Å²) in [5.74, 6) is -6.44. The van der Waals surface area contributed by atoms with Crippen molar-refractivity contribution in [1.29, 1.82) is 0 Å². The average Bonchev–Trinajstić information content (AvgIpc) is 3.63. The molecule has 2 aromatic rings. The van der Waals surface area contributed by atoms with Crippen molar-refractivity contribution in [3.63, 3.8) is 0 Å². The van der Waals surface area contributed by atoms with E-state index < -0.39 is 35.5 Å². The molecule has 2 aliphatic heterocycles. The Kier molecular flexibility index (Phi) is 18.4. The molecule has 2 aromatic carbocycles. The second kappa shape index (κ2) is 23.4. The maximum absolute atomic E-state index is 13.4. The number of unbranched alkanes of at least 4 members (excludes halogenated alkanes) is 2. The zero-order chi connectivity index (χ0) is 44.6. The van der Waals surface area contributed by atoms with E-state index in [-0.39, 0.29) is 118 Å². The SMILES string of the molecule is CCc1ccc(C(=O)NC(=O)C(CCCCN2C(=O)CC(C)C2=O)CC(=O)CCCC(=O)CC(CCCCN2C(=O)CC(C)C2=O)C(=O)NC(=O)c2ccc(CC)cc2)cc1. The molecule has 4 unspecified atom stereocenters. The number of benzene rings is 2. The van der Waals surface area contributed by atoms with Crippen LogP contribution in [0.1, 0.15) is 143 Å². The fraction of sp³-hybridized carbons (Fsp3) is 0.532. The number of Topliss-reactive ketones (excluding diaryl/α,β-unsaturated/α-hetero) is 2. The summed E-state index contributed by atoms with van der Waals surface area (Å²) in [6, 6.07) is 13.7. The van der Waals surface area contributed by atoms with Crippen LogP contribution in [-0.4, -0.2) is 81.7 Å². The topological polar surface area (TPSA) is 201 Å². The van der Waals surface area contributed by atoms with Gasteiger partial charge in [0.05, 0.1) is 0 Å². The molecule has 2 fully saturated rings. The van der Waals surface area contributed by atoms with Gasteiger partial charge in [0.2, 0.25) is 35.4 Å². The van der Waals surface area contributed by atoms with E-state index in [0.717, 1.165) is 24.0 Å². The number of likely N-dealkylation sites (tertiary alicyclic amines) is 2. The lowest BCUT2D eigenvalue weighted by Crippen LogP contribution is -2.37. The molecule has 2 saturated heterocycles. The molecule has 0 radical (unpaired) electrons. The van der Waals surface area contributed by atoms with E-state index in [2.05, 4.69) is 10.6 Å². The van der Waals surface area contributed by atoms with Gasteiger partial charge in [0.15, 0.2) is 0 Å². The Labute approximate surface area is 357 Å². The van der Waals surface area contributed by atoms with E-state index in [1.165, 1.54) is 9.80 Å². The molecule has 14 heteroatoms. The molecule has 2 aliphatic rings. The van der Waals surface area contributed by atoms with Gasteiger partial charge in [0.25, 0.3) is 11.8 Å². The highest BCUT2D eigenvalue weighted by Crippen LogP contribution is 2.23. The van der Waals surface area contributed by atoms with E-state index in [1.54, 1.807) is 62.4 Å². The van der Waals surface area contributed by atoms with Crippen molar-refractivity contribution in [1.82, 2.24) is 20.4 Å². The van der Waals surface area contributed by atoms with Gasteiger partial charge in [-0.25, -0.2) is 0 Å². The van der Waals surface area contributed by atoms with Crippen LogP contribution < -0.4 is 10.6 Å². The fourth-order valence-corrected chi connectivity index (χ4v) is 7.73. The number of nitrogens with one attached hydrogen (secondary N) is 2. The molecule has 61 heavy (non-hydrogen) atoms. The van der Waals surface area contributed by atoms with Gasteiger partial charge in [0.1, 0.15) is 11.6 Å². The number of nitrogens with zero attached hydrogens (tertiary/aromatic N) is 2. The predicted octanol–water partition coefficient (Wildman–Crippen LogP) is 5.48. The zero-order valence-electron chi connectivity index (χ0n) is 35.9. The Bertz CT molecular complexity index is 1820. The molecule has 14 nitrogen and oxygen atoms in total. The third-order valence-corrected chi connectivity index (χ3v) is 11.6. The van der Waals surface area contributed by atoms with Gasteiger partial charge in [-0.2, -0.15) is 0 Å². The van der Waals surface area contributed by atoms with Crippen LogP contribution in [0, 0.1) is 23.7 Å². The lowest BCUT2D eigenvalue weighted by Gasteiger charge is -2.18. The largest absolute Gasteiger partial charge is 0.300 e. The van der Waals surface area contributed by atoms with Crippen LogP contribution in [0.3, 0.4) is 0 Å². The number of amides is 8. The highest BCUT2D eigenvalue weighted by atomic mass is 16.2. The molecule has 0 aliphatic carbocycles. The van der Waals surface area contributed by atoms with Crippen molar-refractivity contribution in [2.45, 2.75) is 124 Å². The molecular weight excluding hydrogens is 781 g/mol. The summed E-state index contributed by atoms with van der Waals surface area (Å²) in [5, 5.41) is 4.84. The normalized spacial score (nSPS) is 17.4. The molecule has 0 spiro atoms. The molecule has 8 amide bonds. The maximum atomic E-state index is 13.4. The predicted molar refractivity (Wildman–Crippen MR) is 225 cm³/mol. The molecule has 4 rings (SSSR count). The first kappa shape index (κ1) is 48.0. The standard InChI is InChI=1S/C47H60N4O10/c1-5-32-16-20-34(21-17-32)42(56)48-44(58)36(12-7-9-24-50-40(54)26-30(3)46(50)60)28-38(52)14-11-15-39(53)29-37(13-8-10-25-51-41(55)27-31(4)47(51)61)45(59)49-43(57)35-22-18-33(6-2)19-23-35/h16-23,30-31,36-37H,5-15,24-29H2,1-4H3,(H,48,56,58)(H,49,57,59). The monoisotopic (exact) mass is 840 g/mol. The summed E-state index contributed by atoms with van der Waals surface area (Å²) >= 11 is 0. The average molecular weight is 841 g/mol. The minimum Gasteiger partial charge on any atom is -0.300 e. The molecular formula is C47H60N4O10. The number of imide groups is 4. The maximum Gasteiger partial charge on any atom is 0.257 e. The Hall–Kier alpha value is -5.66. The summed E-state index contributed by atoms with van der Waals surface area (Å²) in [6.45, 7) is 7.76. The summed E-state index contributed by atoms with van der Waals surface area (Å²) in [5.41, 5.74) is 2.64. The summed E-state index contributed by atoms with van der Waals surface area (Å²) < 4.78 is 0. The lowest BCUT2D eigenvalue weighted by molar-refractivity contribution is -0.140. The quantitative estimate of drug-likeness (QED) is 0.101. The summed E-state index contributed by atoms with van der Waals surface area (Å²) in [4.78, 5) is 131. The van der Waals surface area contributed by atoms with Gasteiger partial charge in [-0.05, 0) is 80.3 Å². The van der Waals surface area contributed by atoms with E-state index in [1.807, 2.05) is 13.8 Å². The second-order valence-electron chi connectivity index (χ2n) is 16.4. The van der Waals surface area contributed by atoms with Gasteiger partial charge in [-0.15, -0.1) is 0 Å². The number of ketones is 2. The number of aryl methyl sites for hydroxylation is 2. The molecule has 2 heterocycles. The lowest BCUT2D eigenvalue weighted by atomic mass is 9.91. The van der Waals surface area contributed by atoms with Gasteiger partial charge >= 0.3 is 0 Å². The van der Waals surface area contributed by atoms with Gasteiger partial charge in [0, 0.05) is 86.4 Å². The van der Waals surface area contributed by atoms with Gasteiger partial charge in [-0.1, -0.05) is 64.8 Å². The fourth-order valence-electron chi connectivity index (χ4n) is 7.73. The molecule has 4 atom stereocenters. The number of carbonyl (C=O) groups is 10. The van der Waals surface area contributed by atoms with E-state index in [4.69, 9.17) is 0 Å². The number of hydrogen-bond acceptors (Lipinski definition) is 10. The van der Waals surface area contributed by atoms with Crippen LogP contribution in [-0.2, 0) is 51.2 Å². The van der Waals surface area contributed by atoms with Crippen molar-refractivity contribution in [3.05, 3.63) is 70.8 Å². The van der Waals surface area contributed by atoms with E-state index in [9.17, 15) is 47.9 Å². The molecule has 0 aromatic heterocycles. The first-order chi connectivity index (χ1) is 29.1. The third-order valence-electron chi connectivity index (χ3n) is 11.6. The molecule has 0 bridgehead atoms. The minimum absolute atomic E-state index is 0.0317. The van der Waals surface area contributed by atoms with Crippen LogP contribution in [0.4, 0.5) is 0 Å². The van der Waals surface area contributed by atoms with Crippen molar-refractivity contribution >= 4 is 58.8 Å². The zero-order valence-corrected chi connectivity index (χ0v) is 35.9. The Balaban J connectivity index is 1.33. The molecule has 328 valence electrons. The highest BCUT2D eigenvalue weighted by Gasteiger charge is 2.36. The van der Waals surface area contributed by atoms with Crippen LogP contribution >= 0.6 is 0 Å². The van der Waals surface area contributed by atoms with E-state index in [0.29, 0.717) is 36.8 Å². The van der Waals surface area contributed by atoms with Crippen LogP contribution in [0.5, 0.6) is 0 Å². The van der Waals surface area contributed by atoms with Gasteiger partial charge < -0.3 is 0 Å². The number of rotatable bonds is 24. The first-order valence-electron chi connectivity index (χ1n) is 21.7. The van der Waals surface area contributed by atoms with Crippen LogP contribution in [0.2, 0.25) is 0 Å². The number of hydrogen-bond donors (Lipinski definition) is 2. The van der Waals surface area contributed by atoms with Gasteiger partial charge in [-0.3, -0.25) is 68.4 Å². The highest BCUT2D eigenvalue weighted by molar-refractivity contribution is 6.07. The Morgan fingerprint density at radius 3 is 1.23 bits per heavy atom. The summed E-state index contributed by atoms with van der Waals surface area (Å²) in [7, 11) is 0. The van der Waals surface area contributed by atoms with Crippen molar-refractivity contribution in [2.75, 3.05) is 13.1 Å².